The highest BCUT2D eigenvalue weighted by Crippen LogP contribution is 2.23. The van der Waals surface area contributed by atoms with Gasteiger partial charge in [-0.1, -0.05) is 6.92 Å². The second kappa shape index (κ2) is 8.13. The SMILES string of the molecule is CCCNC1CCC(OCC2CCOCC2)CC1. The van der Waals surface area contributed by atoms with Gasteiger partial charge in [0.2, 0.25) is 0 Å². The van der Waals surface area contributed by atoms with Crippen molar-refractivity contribution in [2.24, 2.45) is 5.92 Å². The highest BCUT2D eigenvalue weighted by atomic mass is 16.5. The smallest absolute Gasteiger partial charge is 0.0576 e. The van der Waals surface area contributed by atoms with Crippen molar-refractivity contribution in [3.63, 3.8) is 0 Å². The summed E-state index contributed by atoms with van der Waals surface area (Å²) in [5, 5.41) is 3.63. The first-order valence-corrected chi connectivity index (χ1v) is 7.81. The summed E-state index contributed by atoms with van der Waals surface area (Å²) >= 11 is 0. The van der Waals surface area contributed by atoms with E-state index < -0.39 is 0 Å². The molecular formula is C15H29NO2. The molecule has 0 amide bonds. The summed E-state index contributed by atoms with van der Waals surface area (Å²) in [5.41, 5.74) is 0. The highest BCUT2D eigenvalue weighted by molar-refractivity contribution is 4.77. The standard InChI is InChI=1S/C15H29NO2/c1-2-9-16-14-3-5-15(6-4-14)18-12-13-7-10-17-11-8-13/h13-16H,2-12H2,1H3. The van der Waals surface area contributed by atoms with Gasteiger partial charge in [-0.2, -0.15) is 0 Å². The van der Waals surface area contributed by atoms with Gasteiger partial charge in [-0.3, -0.25) is 0 Å². The third-order valence-corrected chi connectivity index (χ3v) is 4.27. The van der Waals surface area contributed by atoms with Crippen molar-refractivity contribution in [3.8, 4) is 0 Å². The van der Waals surface area contributed by atoms with Gasteiger partial charge in [-0.15, -0.1) is 0 Å². The maximum absolute atomic E-state index is 6.09. The Morgan fingerprint density at radius 3 is 2.44 bits per heavy atom. The van der Waals surface area contributed by atoms with Gasteiger partial charge in [-0.05, 0) is 57.4 Å². The zero-order valence-corrected chi connectivity index (χ0v) is 11.8. The molecule has 0 bridgehead atoms. The van der Waals surface area contributed by atoms with Crippen LogP contribution in [0.5, 0.6) is 0 Å². The van der Waals surface area contributed by atoms with Crippen molar-refractivity contribution < 1.29 is 9.47 Å². The average molecular weight is 255 g/mol. The Morgan fingerprint density at radius 1 is 1.06 bits per heavy atom. The summed E-state index contributed by atoms with van der Waals surface area (Å²) in [5.74, 6) is 0.745. The second-order valence-corrected chi connectivity index (χ2v) is 5.82. The van der Waals surface area contributed by atoms with Gasteiger partial charge in [0.15, 0.2) is 0 Å². The molecule has 1 heterocycles. The third-order valence-electron chi connectivity index (χ3n) is 4.27. The van der Waals surface area contributed by atoms with Crippen LogP contribution in [-0.2, 0) is 9.47 Å². The predicted molar refractivity (Wildman–Crippen MR) is 73.8 cm³/mol. The minimum atomic E-state index is 0.521. The summed E-state index contributed by atoms with van der Waals surface area (Å²) < 4.78 is 11.5. The van der Waals surface area contributed by atoms with Crippen molar-refractivity contribution in [3.05, 3.63) is 0 Å². The van der Waals surface area contributed by atoms with E-state index in [1.807, 2.05) is 0 Å². The van der Waals surface area contributed by atoms with Gasteiger partial charge in [0.25, 0.3) is 0 Å². The van der Waals surface area contributed by atoms with Crippen LogP contribution < -0.4 is 5.32 Å². The minimum Gasteiger partial charge on any atom is -0.381 e. The molecule has 0 aromatic heterocycles. The monoisotopic (exact) mass is 255 g/mol. The van der Waals surface area contributed by atoms with Crippen molar-refractivity contribution >= 4 is 0 Å². The first kappa shape index (κ1) is 14.3. The highest BCUT2D eigenvalue weighted by Gasteiger charge is 2.22. The van der Waals surface area contributed by atoms with E-state index in [-0.39, 0.29) is 0 Å². The van der Waals surface area contributed by atoms with E-state index >= 15 is 0 Å². The summed E-state index contributed by atoms with van der Waals surface area (Å²) in [6, 6.07) is 0.743. The van der Waals surface area contributed by atoms with Crippen LogP contribution in [0.2, 0.25) is 0 Å². The molecule has 3 nitrogen and oxygen atoms in total. The van der Waals surface area contributed by atoms with E-state index in [0.717, 1.165) is 38.3 Å². The topological polar surface area (TPSA) is 30.5 Å². The van der Waals surface area contributed by atoms with Gasteiger partial charge >= 0.3 is 0 Å². The Kier molecular flexibility index (Phi) is 6.46. The van der Waals surface area contributed by atoms with Crippen molar-refractivity contribution in [1.29, 1.82) is 0 Å². The molecule has 1 aliphatic carbocycles. The number of ether oxygens (including phenoxy) is 2. The number of rotatable bonds is 6. The number of hydrogen-bond acceptors (Lipinski definition) is 3. The van der Waals surface area contributed by atoms with Crippen molar-refractivity contribution in [1.82, 2.24) is 5.32 Å². The van der Waals surface area contributed by atoms with E-state index in [2.05, 4.69) is 12.2 Å². The Bertz CT molecular complexity index is 209. The summed E-state index contributed by atoms with van der Waals surface area (Å²) in [6.45, 7) is 6.22. The average Bonchev–Trinajstić information content (AvgIpc) is 2.45. The maximum atomic E-state index is 6.09. The molecule has 1 aliphatic heterocycles. The van der Waals surface area contributed by atoms with Gasteiger partial charge in [0.1, 0.15) is 0 Å². The summed E-state index contributed by atoms with van der Waals surface area (Å²) in [7, 11) is 0. The van der Waals surface area contributed by atoms with E-state index in [1.165, 1.54) is 44.9 Å². The van der Waals surface area contributed by atoms with Gasteiger partial charge in [-0.25, -0.2) is 0 Å². The van der Waals surface area contributed by atoms with Crippen LogP contribution in [0, 0.1) is 5.92 Å². The van der Waals surface area contributed by atoms with Gasteiger partial charge in [0.05, 0.1) is 6.10 Å². The fourth-order valence-corrected chi connectivity index (χ4v) is 2.97. The normalized spacial score (nSPS) is 30.5. The molecule has 3 heteroatoms. The maximum Gasteiger partial charge on any atom is 0.0576 e. The molecular weight excluding hydrogens is 226 g/mol. The minimum absolute atomic E-state index is 0.521. The largest absolute Gasteiger partial charge is 0.381 e. The number of nitrogens with one attached hydrogen (secondary N) is 1. The van der Waals surface area contributed by atoms with Crippen LogP contribution in [0.3, 0.4) is 0 Å². The van der Waals surface area contributed by atoms with Crippen LogP contribution in [0.1, 0.15) is 51.9 Å². The molecule has 0 atom stereocenters. The lowest BCUT2D eigenvalue weighted by molar-refractivity contribution is -0.0255. The Balaban J connectivity index is 1.55. The zero-order valence-electron chi connectivity index (χ0n) is 11.8. The lowest BCUT2D eigenvalue weighted by Crippen LogP contribution is -2.36. The first-order valence-electron chi connectivity index (χ1n) is 7.81. The fourth-order valence-electron chi connectivity index (χ4n) is 2.97. The van der Waals surface area contributed by atoms with Crippen LogP contribution in [0.4, 0.5) is 0 Å². The lowest BCUT2D eigenvalue weighted by Gasteiger charge is -2.31. The lowest BCUT2D eigenvalue weighted by atomic mass is 9.92. The summed E-state index contributed by atoms with van der Waals surface area (Å²) in [6.07, 6.45) is 9.19. The van der Waals surface area contributed by atoms with E-state index in [4.69, 9.17) is 9.47 Å². The van der Waals surface area contributed by atoms with E-state index in [1.54, 1.807) is 0 Å². The van der Waals surface area contributed by atoms with Crippen LogP contribution in [0.25, 0.3) is 0 Å². The molecule has 2 rings (SSSR count). The molecule has 18 heavy (non-hydrogen) atoms. The van der Waals surface area contributed by atoms with Crippen LogP contribution >= 0.6 is 0 Å². The third kappa shape index (κ3) is 4.87. The second-order valence-electron chi connectivity index (χ2n) is 5.82. The molecule has 1 N–H and O–H groups in total. The van der Waals surface area contributed by atoms with Gasteiger partial charge in [0, 0.05) is 25.9 Å². The Labute approximate surface area is 112 Å². The van der Waals surface area contributed by atoms with Gasteiger partial charge < -0.3 is 14.8 Å². The van der Waals surface area contributed by atoms with E-state index in [0.29, 0.717) is 6.10 Å². The zero-order chi connectivity index (χ0) is 12.6. The molecule has 0 spiro atoms. The molecule has 0 aromatic rings. The van der Waals surface area contributed by atoms with Crippen molar-refractivity contribution in [2.75, 3.05) is 26.4 Å². The fraction of sp³-hybridized carbons (Fsp3) is 1.00. The summed E-state index contributed by atoms with van der Waals surface area (Å²) in [4.78, 5) is 0. The molecule has 0 unspecified atom stereocenters. The van der Waals surface area contributed by atoms with E-state index in [9.17, 15) is 0 Å². The van der Waals surface area contributed by atoms with Crippen LogP contribution in [0.15, 0.2) is 0 Å². The Hall–Kier alpha value is -0.120. The molecule has 2 aliphatic rings. The van der Waals surface area contributed by atoms with Crippen LogP contribution in [-0.4, -0.2) is 38.5 Å². The first-order chi connectivity index (χ1) is 8.88. The number of hydrogen-bond donors (Lipinski definition) is 1. The Morgan fingerprint density at radius 2 is 1.78 bits per heavy atom. The predicted octanol–water partition coefficient (Wildman–Crippen LogP) is 2.74. The molecule has 0 radical (unpaired) electrons. The molecule has 0 aromatic carbocycles. The quantitative estimate of drug-likeness (QED) is 0.791. The molecule has 1 saturated carbocycles. The molecule has 1 saturated heterocycles. The molecule has 106 valence electrons. The molecule has 2 fully saturated rings. The van der Waals surface area contributed by atoms with Crippen molar-refractivity contribution in [2.45, 2.75) is 64.0 Å².